The zero-order valence-electron chi connectivity index (χ0n) is 11.4. The number of piperidine rings is 1. The van der Waals surface area contributed by atoms with Crippen molar-refractivity contribution in [3.63, 3.8) is 0 Å². The molecule has 2 nitrogen and oxygen atoms in total. The van der Waals surface area contributed by atoms with E-state index in [1.165, 1.54) is 29.7 Å². The molecule has 2 rings (SSSR count). The number of hydrogen-bond donors (Lipinski definition) is 1. The minimum absolute atomic E-state index is 0.584. The molecule has 0 amide bonds. The van der Waals surface area contributed by atoms with Gasteiger partial charge < -0.3 is 5.32 Å². The van der Waals surface area contributed by atoms with Crippen LogP contribution in [0, 0.1) is 26.2 Å². The number of rotatable bonds is 3. The van der Waals surface area contributed by atoms with Crippen LogP contribution in [0.5, 0.6) is 0 Å². The Kier molecular flexibility index (Phi) is 4.28. The van der Waals surface area contributed by atoms with Crippen molar-refractivity contribution in [3.8, 4) is 12.3 Å². The Morgan fingerprint density at radius 3 is 2.67 bits per heavy atom. The molecule has 0 aromatic heterocycles. The summed E-state index contributed by atoms with van der Waals surface area (Å²) >= 11 is 0. The summed E-state index contributed by atoms with van der Waals surface area (Å²) in [6, 6.07) is 7.18. The first kappa shape index (κ1) is 13.0. The normalized spacial score (nSPS) is 17.4. The zero-order valence-corrected chi connectivity index (χ0v) is 11.4. The fourth-order valence-electron chi connectivity index (χ4n) is 2.56. The Labute approximate surface area is 110 Å². The van der Waals surface area contributed by atoms with Gasteiger partial charge >= 0.3 is 0 Å². The second kappa shape index (κ2) is 5.93. The smallest absolute Gasteiger partial charge is 0.0598 e. The van der Waals surface area contributed by atoms with Crippen LogP contribution in [0.3, 0.4) is 0 Å². The number of nitrogens with zero attached hydrogens (tertiary/aromatic N) is 1. The monoisotopic (exact) mass is 242 g/mol. The molecule has 1 aliphatic heterocycles. The second-order valence-electron chi connectivity index (χ2n) is 5.22. The molecule has 1 heterocycles. The lowest BCUT2D eigenvalue weighted by Gasteiger charge is -2.32. The summed E-state index contributed by atoms with van der Waals surface area (Å²) in [5.74, 6) is 2.72. The van der Waals surface area contributed by atoms with Crippen molar-refractivity contribution in [1.82, 2.24) is 4.90 Å². The number of hydrogen-bond acceptors (Lipinski definition) is 2. The molecular formula is C16H22N2. The third-order valence-corrected chi connectivity index (χ3v) is 3.64. The van der Waals surface area contributed by atoms with E-state index < -0.39 is 0 Å². The van der Waals surface area contributed by atoms with Crippen molar-refractivity contribution in [2.24, 2.45) is 0 Å². The van der Waals surface area contributed by atoms with Crippen molar-refractivity contribution >= 4 is 5.69 Å². The Bertz CT molecular complexity index is 437. The van der Waals surface area contributed by atoms with Crippen LogP contribution in [0.25, 0.3) is 0 Å². The van der Waals surface area contributed by atoms with Gasteiger partial charge in [0.1, 0.15) is 0 Å². The molecule has 0 spiro atoms. The molecule has 96 valence electrons. The van der Waals surface area contributed by atoms with Crippen LogP contribution in [0.15, 0.2) is 18.2 Å². The fourth-order valence-corrected chi connectivity index (χ4v) is 2.56. The second-order valence-corrected chi connectivity index (χ2v) is 5.22. The quantitative estimate of drug-likeness (QED) is 0.820. The number of benzene rings is 1. The Morgan fingerprint density at radius 2 is 2.06 bits per heavy atom. The van der Waals surface area contributed by atoms with Crippen LogP contribution < -0.4 is 5.32 Å². The van der Waals surface area contributed by atoms with Crippen LogP contribution in [0.2, 0.25) is 0 Å². The molecule has 1 saturated heterocycles. The molecule has 0 radical (unpaired) electrons. The van der Waals surface area contributed by atoms with E-state index >= 15 is 0 Å². The third-order valence-electron chi connectivity index (χ3n) is 3.64. The van der Waals surface area contributed by atoms with Gasteiger partial charge in [-0.2, -0.15) is 0 Å². The number of aryl methyl sites for hydroxylation is 2. The van der Waals surface area contributed by atoms with Gasteiger partial charge in [-0.15, -0.1) is 6.42 Å². The van der Waals surface area contributed by atoms with Crippen LogP contribution in [0.4, 0.5) is 5.69 Å². The Hall–Kier alpha value is -1.46. The van der Waals surface area contributed by atoms with E-state index in [0.29, 0.717) is 6.04 Å². The average Bonchev–Trinajstić information content (AvgIpc) is 2.35. The maximum Gasteiger partial charge on any atom is 0.0598 e. The van der Waals surface area contributed by atoms with E-state index in [2.05, 4.69) is 48.2 Å². The molecule has 18 heavy (non-hydrogen) atoms. The van der Waals surface area contributed by atoms with Gasteiger partial charge in [-0.3, -0.25) is 4.90 Å². The SMILES string of the molecule is C#CCN1CCC(Nc2ccc(C)cc2C)CC1. The summed E-state index contributed by atoms with van der Waals surface area (Å²) in [4.78, 5) is 2.35. The number of nitrogens with one attached hydrogen (secondary N) is 1. The highest BCUT2D eigenvalue weighted by Crippen LogP contribution is 2.20. The highest BCUT2D eigenvalue weighted by molar-refractivity contribution is 5.52. The molecule has 1 aromatic rings. The van der Waals surface area contributed by atoms with Crippen LogP contribution in [-0.4, -0.2) is 30.6 Å². The van der Waals surface area contributed by atoms with Crippen LogP contribution in [-0.2, 0) is 0 Å². The first-order chi connectivity index (χ1) is 8.69. The maximum atomic E-state index is 5.34. The number of terminal acetylenes is 1. The predicted molar refractivity (Wildman–Crippen MR) is 77.8 cm³/mol. The molecular weight excluding hydrogens is 220 g/mol. The zero-order chi connectivity index (χ0) is 13.0. The number of anilines is 1. The predicted octanol–water partition coefficient (Wildman–Crippen LogP) is 2.81. The van der Waals surface area contributed by atoms with Crippen molar-refractivity contribution in [1.29, 1.82) is 0 Å². The lowest BCUT2D eigenvalue weighted by molar-refractivity contribution is 0.243. The first-order valence-corrected chi connectivity index (χ1v) is 6.68. The summed E-state index contributed by atoms with van der Waals surface area (Å²) < 4.78 is 0. The van der Waals surface area contributed by atoms with Gasteiger partial charge in [0.05, 0.1) is 6.54 Å². The van der Waals surface area contributed by atoms with Gasteiger partial charge in [0.25, 0.3) is 0 Å². The summed E-state index contributed by atoms with van der Waals surface area (Å²) in [7, 11) is 0. The van der Waals surface area contributed by atoms with Gasteiger partial charge in [0.15, 0.2) is 0 Å². The highest BCUT2D eigenvalue weighted by Gasteiger charge is 2.18. The van der Waals surface area contributed by atoms with Gasteiger partial charge in [0, 0.05) is 24.8 Å². The molecule has 0 saturated carbocycles. The molecule has 1 aliphatic rings. The van der Waals surface area contributed by atoms with E-state index in [0.717, 1.165) is 19.6 Å². The topological polar surface area (TPSA) is 15.3 Å². The molecule has 1 N–H and O–H groups in total. The van der Waals surface area contributed by atoms with Crippen molar-refractivity contribution in [2.45, 2.75) is 32.7 Å². The summed E-state index contributed by atoms with van der Waals surface area (Å²) in [5.41, 5.74) is 3.93. The Balaban J connectivity index is 1.90. The van der Waals surface area contributed by atoms with Gasteiger partial charge in [0.2, 0.25) is 0 Å². The third kappa shape index (κ3) is 3.27. The number of likely N-dealkylation sites (tertiary alicyclic amines) is 1. The lowest BCUT2D eigenvalue weighted by Crippen LogP contribution is -2.39. The van der Waals surface area contributed by atoms with E-state index in [-0.39, 0.29) is 0 Å². The minimum atomic E-state index is 0.584. The summed E-state index contributed by atoms with van der Waals surface area (Å²) in [5, 5.41) is 3.66. The Morgan fingerprint density at radius 1 is 1.33 bits per heavy atom. The van der Waals surface area contributed by atoms with Gasteiger partial charge in [-0.1, -0.05) is 23.6 Å². The van der Waals surface area contributed by atoms with E-state index in [1.807, 2.05) is 0 Å². The molecule has 1 fully saturated rings. The van der Waals surface area contributed by atoms with Crippen LogP contribution >= 0.6 is 0 Å². The average molecular weight is 242 g/mol. The highest BCUT2D eigenvalue weighted by atomic mass is 15.1. The standard InChI is InChI=1S/C16H22N2/c1-4-9-18-10-7-15(8-11-18)17-16-6-5-13(2)12-14(16)3/h1,5-6,12,15,17H,7-11H2,2-3H3. The van der Waals surface area contributed by atoms with Gasteiger partial charge in [-0.25, -0.2) is 0 Å². The largest absolute Gasteiger partial charge is 0.382 e. The van der Waals surface area contributed by atoms with Crippen molar-refractivity contribution < 1.29 is 0 Å². The minimum Gasteiger partial charge on any atom is -0.382 e. The molecule has 0 unspecified atom stereocenters. The first-order valence-electron chi connectivity index (χ1n) is 6.68. The van der Waals surface area contributed by atoms with Crippen molar-refractivity contribution in [3.05, 3.63) is 29.3 Å². The van der Waals surface area contributed by atoms with E-state index in [4.69, 9.17) is 6.42 Å². The van der Waals surface area contributed by atoms with Gasteiger partial charge in [-0.05, 0) is 38.3 Å². The van der Waals surface area contributed by atoms with Crippen LogP contribution in [0.1, 0.15) is 24.0 Å². The summed E-state index contributed by atoms with van der Waals surface area (Å²) in [6.45, 7) is 7.30. The molecule has 2 heteroatoms. The molecule has 0 bridgehead atoms. The maximum absolute atomic E-state index is 5.34. The molecule has 1 aromatic carbocycles. The summed E-state index contributed by atoms with van der Waals surface area (Å²) in [6.07, 6.45) is 7.70. The molecule has 0 atom stereocenters. The van der Waals surface area contributed by atoms with E-state index in [9.17, 15) is 0 Å². The molecule has 0 aliphatic carbocycles. The van der Waals surface area contributed by atoms with E-state index in [1.54, 1.807) is 0 Å². The fraction of sp³-hybridized carbons (Fsp3) is 0.500. The lowest BCUT2D eigenvalue weighted by atomic mass is 10.0. The van der Waals surface area contributed by atoms with Crippen molar-refractivity contribution in [2.75, 3.05) is 25.0 Å².